The van der Waals surface area contributed by atoms with Crippen LogP contribution in [0.3, 0.4) is 0 Å². The molecular weight excluding hydrogens is 519 g/mol. The number of ether oxygens (including phenoxy) is 2. The van der Waals surface area contributed by atoms with Gasteiger partial charge >= 0.3 is 0 Å². The molecule has 0 amide bonds. The number of nitrogens with one attached hydrogen (secondary N) is 2. The lowest BCUT2D eigenvalue weighted by molar-refractivity contribution is 0.145. The molecule has 1 unspecified atom stereocenters. The predicted octanol–water partition coefficient (Wildman–Crippen LogP) is 1.97. The molecule has 1 aromatic carbocycles. The maximum Gasteiger partial charge on any atom is 0.211 e. The quantitative estimate of drug-likeness (QED) is 0.199. The molecule has 0 aliphatic carbocycles. The van der Waals surface area contributed by atoms with E-state index >= 15 is 0 Å². The van der Waals surface area contributed by atoms with Gasteiger partial charge in [0.15, 0.2) is 5.96 Å². The van der Waals surface area contributed by atoms with Gasteiger partial charge in [0.1, 0.15) is 12.4 Å². The molecule has 10 heteroatoms. The fraction of sp³-hybridized carbons (Fsp3) is 0.650. The molecule has 1 heterocycles. The fourth-order valence-corrected chi connectivity index (χ4v) is 4.09. The number of halogens is 1. The molecule has 0 bridgehead atoms. The number of rotatable bonds is 10. The summed E-state index contributed by atoms with van der Waals surface area (Å²) in [4.78, 5) is 4.68. The monoisotopic (exact) mass is 554 g/mol. The predicted molar refractivity (Wildman–Crippen MR) is 131 cm³/mol. The maximum atomic E-state index is 11.7. The SMILES string of the molecule is CCNC(=NCc1ccc(C)cc1OCCOC)NCC1CCN(S(C)(=O)=O)C1.I. The fourth-order valence-electron chi connectivity index (χ4n) is 3.17. The van der Waals surface area contributed by atoms with Crippen LogP contribution in [0.1, 0.15) is 24.5 Å². The summed E-state index contributed by atoms with van der Waals surface area (Å²) in [5.74, 6) is 1.82. The molecule has 8 nitrogen and oxygen atoms in total. The van der Waals surface area contributed by atoms with Gasteiger partial charge in [0.25, 0.3) is 0 Å². The average Bonchev–Trinajstić information content (AvgIpc) is 3.15. The Morgan fingerprint density at radius 2 is 2.07 bits per heavy atom. The van der Waals surface area contributed by atoms with Crippen LogP contribution in [-0.2, 0) is 21.3 Å². The van der Waals surface area contributed by atoms with Crippen molar-refractivity contribution in [2.75, 3.05) is 52.8 Å². The standard InChI is InChI=1S/C20H34N4O4S.HI/c1-5-21-20(22-13-17-8-9-24(15-17)29(4,25)26)23-14-18-7-6-16(2)12-19(18)28-11-10-27-3;/h6-7,12,17H,5,8-11,13-15H2,1-4H3,(H2,21,22,23);1H. The van der Waals surface area contributed by atoms with Gasteiger partial charge in [-0.2, -0.15) is 0 Å². The minimum Gasteiger partial charge on any atom is -0.491 e. The highest BCUT2D eigenvalue weighted by Crippen LogP contribution is 2.21. The van der Waals surface area contributed by atoms with Gasteiger partial charge in [0, 0.05) is 38.9 Å². The van der Waals surface area contributed by atoms with Crippen LogP contribution in [0.5, 0.6) is 5.75 Å². The second kappa shape index (κ2) is 13.3. The van der Waals surface area contributed by atoms with Crippen LogP contribution in [0.15, 0.2) is 23.2 Å². The highest BCUT2D eigenvalue weighted by Gasteiger charge is 2.28. The molecule has 1 fully saturated rings. The van der Waals surface area contributed by atoms with E-state index in [0.29, 0.717) is 45.4 Å². The Morgan fingerprint density at radius 1 is 1.30 bits per heavy atom. The number of hydrogen-bond donors (Lipinski definition) is 2. The molecular formula is C20H35IN4O4S. The van der Waals surface area contributed by atoms with E-state index in [1.165, 1.54) is 6.26 Å². The molecule has 1 aliphatic rings. The topological polar surface area (TPSA) is 92.3 Å². The molecule has 1 saturated heterocycles. The Kier molecular flexibility index (Phi) is 12.0. The smallest absolute Gasteiger partial charge is 0.211 e. The first-order valence-corrected chi connectivity index (χ1v) is 11.9. The summed E-state index contributed by atoms with van der Waals surface area (Å²) in [6.07, 6.45) is 2.12. The summed E-state index contributed by atoms with van der Waals surface area (Å²) >= 11 is 0. The molecule has 1 atom stereocenters. The molecule has 172 valence electrons. The van der Waals surface area contributed by atoms with Gasteiger partial charge in [0.05, 0.1) is 19.4 Å². The maximum absolute atomic E-state index is 11.7. The van der Waals surface area contributed by atoms with Gasteiger partial charge in [-0.15, -0.1) is 24.0 Å². The van der Waals surface area contributed by atoms with Crippen molar-refractivity contribution in [3.63, 3.8) is 0 Å². The summed E-state index contributed by atoms with van der Waals surface area (Å²) in [7, 11) is -1.46. The van der Waals surface area contributed by atoms with E-state index in [0.717, 1.165) is 29.8 Å². The van der Waals surface area contributed by atoms with Gasteiger partial charge in [-0.1, -0.05) is 12.1 Å². The number of guanidine groups is 1. The van der Waals surface area contributed by atoms with Crippen molar-refractivity contribution in [2.24, 2.45) is 10.9 Å². The number of sulfonamides is 1. The van der Waals surface area contributed by atoms with Crippen LogP contribution < -0.4 is 15.4 Å². The van der Waals surface area contributed by atoms with E-state index in [-0.39, 0.29) is 29.9 Å². The van der Waals surface area contributed by atoms with Crippen molar-refractivity contribution in [1.29, 1.82) is 0 Å². The summed E-state index contributed by atoms with van der Waals surface area (Å²) in [5.41, 5.74) is 2.14. The normalized spacial score (nSPS) is 17.5. The number of methoxy groups -OCH3 is 1. The van der Waals surface area contributed by atoms with Crippen LogP contribution in [0.25, 0.3) is 0 Å². The molecule has 0 radical (unpaired) electrons. The van der Waals surface area contributed by atoms with Gasteiger partial charge in [-0.25, -0.2) is 17.7 Å². The molecule has 2 rings (SSSR count). The van der Waals surface area contributed by atoms with E-state index in [9.17, 15) is 8.42 Å². The lowest BCUT2D eigenvalue weighted by Crippen LogP contribution is -2.40. The van der Waals surface area contributed by atoms with Gasteiger partial charge in [-0.3, -0.25) is 0 Å². The highest BCUT2D eigenvalue weighted by molar-refractivity contribution is 14.0. The summed E-state index contributed by atoms with van der Waals surface area (Å²) in [5, 5.41) is 6.59. The van der Waals surface area contributed by atoms with E-state index in [2.05, 4.69) is 15.6 Å². The lowest BCUT2D eigenvalue weighted by Gasteiger charge is -2.16. The number of nitrogens with zero attached hydrogens (tertiary/aromatic N) is 2. The molecule has 2 N–H and O–H groups in total. The van der Waals surface area contributed by atoms with Crippen LogP contribution in [0, 0.1) is 12.8 Å². The first kappa shape index (κ1) is 26.9. The summed E-state index contributed by atoms with van der Waals surface area (Å²) in [6.45, 7) is 8.13. The zero-order valence-electron chi connectivity index (χ0n) is 18.3. The zero-order valence-corrected chi connectivity index (χ0v) is 21.5. The Balaban J connectivity index is 0.00000450. The summed E-state index contributed by atoms with van der Waals surface area (Å²) < 4.78 is 35.8. The van der Waals surface area contributed by atoms with Crippen molar-refractivity contribution in [3.8, 4) is 5.75 Å². The minimum atomic E-state index is -3.11. The number of hydrogen-bond acceptors (Lipinski definition) is 5. The largest absolute Gasteiger partial charge is 0.491 e. The van der Waals surface area contributed by atoms with Crippen LogP contribution in [0.4, 0.5) is 0 Å². The first-order chi connectivity index (χ1) is 13.8. The molecule has 0 spiro atoms. The first-order valence-electron chi connectivity index (χ1n) is 10.0. The number of aliphatic imine (C=N–C) groups is 1. The zero-order chi connectivity index (χ0) is 21.3. The van der Waals surface area contributed by atoms with E-state index in [1.807, 2.05) is 32.0 Å². The van der Waals surface area contributed by atoms with Crippen molar-refractivity contribution in [2.45, 2.75) is 26.8 Å². The van der Waals surface area contributed by atoms with Crippen molar-refractivity contribution in [1.82, 2.24) is 14.9 Å². The van der Waals surface area contributed by atoms with E-state index in [4.69, 9.17) is 9.47 Å². The highest BCUT2D eigenvalue weighted by atomic mass is 127. The third-order valence-electron chi connectivity index (χ3n) is 4.80. The Bertz CT molecular complexity index is 789. The Morgan fingerprint density at radius 3 is 2.70 bits per heavy atom. The minimum absolute atomic E-state index is 0. The number of benzene rings is 1. The van der Waals surface area contributed by atoms with Crippen LogP contribution >= 0.6 is 24.0 Å². The molecule has 1 aromatic rings. The second-order valence-corrected chi connectivity index (χ2v) is 9.29. The van der Waals surface area contributed by atoms with Crippen molar-refractivity contribution in [3.05, 3.63) is 29.3 Å². The van der Waals surface area contributed by atoms with E-state index in [1.54, 1.807) is 11.4 Å². The van der Waals surface area contributed by atoms with Crippen molar-refractivity contribution < 1.29 is 17.9 Å². The average molecular weight is 554 g/mol. The molecule has 1 aliphatic heterocycles. The van der Waals surface area contributed by atoms with E-state index < -0.39 is 10.0 Å². The van der Waals surface area contributed by atoms with Gasteiger partial charge in [-0.05, 0) is 37.8 Å². The number of aryl methyl sites for hydroxylation is 1. The second-order valence-electron chi connectivity index (χ2n) is 7.30. The van der Waals surface area contributed by atoms with Gasteiger partial charge < -0.3 is 20.1 Å². The molecule has 0 aromatic heterocycles. The van der Waals surface area contributed by atoms with Crippen molar-refractivity contribution >= 4 is 40.0 Å². The molecule has 0 saturated carbocycles. The third-order valence-corrected chi connectivity index (χ3v) is 6.06. The lowest BCUT2D eigenvalue weighted by atomic mass is 10.1. The van der Waals surface area contributed by atoms with Gasteiger partial charge in [0.2, 0.25) is 10.0 Å². The molecule has 30 heavy (non-hydrogen) atoms. The third kappa shape index (κ3) is 8.94. The van der Waals surface area contributed by atoms with Crippen LogP contribution in [0.2, 0.25) is 0 Å². The summed E-state index contributed by atoms with van der Waals surface area (Å²) in [6, 6.07) is 6.09. The Labute approximate surface area is 197 Å². The van der Waals surface area contributed by atoms with Crippen LogP contribution in [-0.4, -0.2) is 71.4 Å². The Hall–Kier alpha value is -1.11.